The quantitative estimate of drug-likeness (QED) is 0.500. The summed E-state index contributed by atoms with van der Waals surface area (Å²) in [5, 5.41) is 0. The Morgan fingerprint density at radius 2 is 1.89 bits per heavy atom. The first kappa shape index (κ1) is 8.49. The summed E-state index contributed by atoms with van der Waals surface area (Å²) in [6.45, 7) is 15.9. The van der Waals surface area contributed by atoms with Gasteiger partial charge in [-0.1, -0.05) is 27.7 Å². The van der Waals surface area contributed by atoms with Crippen LogP contribution in [0.1, 0.15) is 27.7 Å². The van der Waals surface area contributed by atoms with E-state index in [0.717, 1.165) is 0 Å². The van der Waals surface area contributed by atoms with Crippen LogP contribution in [-0.2, 0) is 0 Å². The van der Waals surface area contributed by atoms with Crippen molar-refractivity contribution in [2.75, 3.05) is 6.54 Å². The van der Waals surface area contributed by atoms with Crippen molar-refractivity contribution in [3.05, 3.63) is 11.4 Å². The first-order chi connectivity index (χ1) is 4.00. The molecule has 0 saturated carbocycles. The molecular weight excluding hydrogens is 110 g/mol. The molecular formula is C8H15N. The molecule has 0 saturated heterocycles. The third-order valence-electron chi connectivity index (χ3n) is 2.05. The van der Waals surface area contributed by atoms with Crippen LogP contribution in [0, 0.1) is 17.9 Å². The Hall–Kier alpha value is -0.510. The maximum absolute atomic E-state index is 6.68. The maximum atomic E-state index is 6.68. The molecule has 0 radical (unpaired) electrons. The lowest BCUT2D eigenvalue weighted by Gasteiger charge is -2.22. The molecule has 0 aromatic rings. The molecule has 0 N–H and O–H groups in total. The Labute approximate surface area is 57.9 Å². The highest BCUT2D eigenvalue weighted by Crippen LogP contribution is 2.25. The Morgan fingerprint density at radius 1 is 1.44 bits per heavy atom. The van der Waals surface area contributed by atoms with Gasteiger partial charge in [-0.2, -0.15) is 0 Å². The molecule has 1 nitrogen and oxygen atoms in total. The summed E-state index contributed by atoms with van der Waals surface area (Å²) < 4.78 is 0. The molecule has 1 heteroatoms. The highest BCUT2D eigenvalue weighted by Gasteiger charge is 2.25. The second-order valence-corrected chi connectivity index (χ2v) is 3.46. The van der Waals surface area contributed by atoms with Gasteiger partial charge in [-0.3, -0.25) is 0 Å². The fourth-order valence-electron chi connectivity index (χ4n) is 0.386. The second-order valence-electron chi connectivity index (χ2n) is 3.46. The zero-order valence-electron chi connectivity index (χ0n) is 6.73. The summed E-state index contributed by atoms with van der Waals surface area (Å²) in [6.07, 6.45) is 0. The maximum Gasteiger partial charge on any atom is 0.219 e. The van der Waals surface area contributed by atoms with Crippen molar-refractivity contribution in [1.82, 2.24) is 0 Å². The van der Waals surface area contributed by atoms with Crippen LogP contribution in [-0.4, -0.2) is 6.54 Å². The molecule has 0 aromatic heterocycles. The van der Waals surface area contributed by atoms with Crippen molar-refractivity contribution in [2.24, 2.45) is 11.3 Å². The number of rotatable bonds is 2. The molecule has 0 heterocycles. The predicted octanol–water partition coefficient (Wildman–Crippen LogP) is 2.59. The van der Waals surface area contributed by atoms with Crippen molar-refractivity contribution < 1.29 is 0 Å². The van der Waals surface area contributed by atoms with Crippen LogP contribution in [0.3, 0.4) is 0 Å². The number of hydrogen-bond acceptors (Lipinski definition) is 0. The molecule has 0 unspecified atom stereocenters. The van der Waals surface area contributed by atoms with Gasteiger partial charge in [0.15, 0.2) is 0 Å². The molecule has 0 bridgehead atoms. The minimum Gasteiger partial charge on any atom is -0.316 e. The fourth-order valence-corrected chi connectivity index (χ4v) is 0.386. The zero-order valence-corrected chi connectivity index (χ0v) is 6.73. The van der Waals surface area contributed by atoms with Gasteiger partial charge in [-0.15, -0.1) is 0 Å². The van der Waals surface area contributed by atoms with Gasteiger partial charge < -0.3 is 4.85 Å². The first-order valence-electron chi connectivity index (χ1n) is 3.34. The summed E-state index contributed by atoms with van der Waals surface area (Å²) in [5.41, 5.74) is 0.196. The highest BCUT2D eigenvalue weighted by atomic mass is 14.7. The molecule has 52 valence electrons. The molecule has 0 fully saturated rings. The second kappa shape index (κ2) is 2.87. The lowest BCUT2D eigenvalue weighted by Crippen LogP contribution is -2.21. The van der Waals surface area contributed by atoms with Crippen LogP contribution in [0.5, 0.6) is 0 Å². The molecule has 0 spiro atoms. The largest absolute Gasteiger partial charge is 0.316 e. The summed E-state index contributed by atoms with van der Waals surface area (Å²) in [7, 11) is 0. The van der Waals surface area contributed by atoms with E-state index >= 15 is 0 Å². The first-order valence-corrected chi connectivity index (χ1v) is 3.34. The minimum atomic E-state index is 0.196. The lowest BCUT2D eigenvalue weighted by molar-refractivity contribution is 0.276. The van der Waals surface area contributed by atoms with Crippen LogP contribution < -0.4 is 0 Å². The summed E-state index contributed by atoms with van der Waals surface area (Å²) in [4.78, 5) is 3.38. The van der Waals surface area contributed by atoms with E-state index in [1.54, 1.807) is 0 Å². The third kappa shape index (κ3) is 2.51. The van der Waals surface area contributed by atoms with Crippen LogP contribution >= 0.6 is 0 Å². The predicted molar refractivity (Wildman–Crippen MR) is 40.1 cm³/mol. The van der Waals surface area contributed by atoms with Gasteiger partial charge in [0.2, 0.25) is 6.54 Å². The van der Waals surface area contributed by atoms with E-state index in [0.29, 0.717) is 12.5 Å². The van der Waals surface area contributed by atoms with E-state index in [2.05, 4.69) is 32.5 Å². The van der Waals surface area contributed by atoms with Crippen molar-refractivity contribution in [1.29, 1.82) is 0 Å². The van der Waals surface area contributed by atoms with Crippen molar-refractivity contribution >= 4 is 0 Å². The Morgan fingerprint density at radius 3 is 2.00 bits per heavy atom. The summed E-state index contributed by atoms with van der Waals surface area (Å²) in [5.74, 6) is 0.603. The third-order valence-corrected chi connectivity index (χ3v) is 2.05. The van der Waals surface area contributed by atoms with Gasteiger partial charge in [0.05, 0.1) is 0 Å². The molecule has 0 aliphatic heterocycles. The van der Waals surface area contributed by atoms with E-state index in [4.69, 9.17) is 6.57 Å². The van der Waals surface area contributed by atoms with Crippen LogP contribution in [0.15, 0.2) is 0 Å². The van der Waals surface area contributed by atoms with E-state index in [9.17, 15) is 0 Å². The van der Waals surface area contributed by atoms with Gasteiger partial charge in [0, 0.05) is 5.41 Å². The van der Waals surface area contributed by atoms with Crippen LogP contribution in [0.25, 0.3) is 4.85 Å². The Bertz CT molecular complexity index is 117. The van der Waals surface area contributed by atoms with Gasteiger partial charge in [0.1, 0.15) is 0 Å². The highest BCUT2D eigenvalue weighted by molar-refractivity contribution is 4.80. The molecule has 9 heavy (non-hydrogen) atoms. The number of nitrogens with zero attached hydrogens (tertiary/aromatic N) is 1. The lowest BCUT2D eigenvalue weighted by atomic mass is 9.81. The Balaban J connectivity index is 3.89. The van der Waals surface area contributed by atoms with Crippen molar-refractivity contribution in [3.8, 4) is 0 Å². The normalized spacial score (nSPS) is 11.6. The van der Waals surface area contributed by atoms with Gasteiger partial charge in [-0.25, -0.2) is 6.57 Å². The molecule has 0 atom stereocenters. The molecule has 0 aromatic carbocycles. The van der Waals surface area contributed by atoms with Gasteiger partial charge >= 0.3 is 0 Å². The standard InChI is InChI=1S/C8H15N/c1-7(2)8(3,4)6-9-5/h7H,6H2,1-4H3. The van der Waals surface area contributed by atoms with Crippen molar-refractivity contribution in [2.45, 2.75) is 27.7 Å². The van der Waals surface area contributed by atoms with Crippen molar-refractivity contribution in [3.63, 3.8) is 0 Å². The molecule has 0 amide bonds. The smallest absolute Gasteiger partial charge is 0.219 e. The molecule has 0 aliphatic carbocycles. The van der Waals surface area contributed by atoms with Crippen LogP contribution in [0.4, 0.5) is 0 Å². The molecule has 0 aliphatic rings. The van der Waals surface area contributed by atoms with Gasteiger partial charge in [0.25, 0.3) is 0 Å². The Kier molecular flexibility index (Phi) is 2.70. The average molecular weight is 125 g/mol. The van der Waals surface area contributed by atoms with E-state index in [1.165, 1.54) is 0 Å². The average Bonchev–Trinajstić information content (AvgIpc) is 1.65. The zero-order chi connectivity index (χ0) is 7.49. The van der Waals surface area contributed by atoms with Crippen LogP contribution in [0.2, 0.25) is 0 Å². The fraction of sp³-hybridized carbons (Fsp3) is 0.875. The molecule has 0 rings (SSSR count). The van der Waals surface area contributed by atoms with E-state index < -0.39 is 0 Å². The summed E-state index contributed by atoms with van der Waals surface area (Å²) >= 11 is 0. The minimum absolute atomic E-state index is 0.196. The van der Waals surface area contributed by atoms with E-state index in [-0.39, 0.29) is 5.41 Å². The van der Waals surface area contributed by atoms with Gasteiger partial charge in [-0.05, 0) is 5.92 Å². The monoisotopic (exact) mass is 125 g/mol. The topological polar surface area (TPSA) is 4.36 Å². The van der Waals surface area contributed by atoms with E-state index in [1.807, 2.05) is 0 Å². The SMILES string of the molecule is [C-]#[N+]CC(C)(C)C(C)C. The summed E-state index contributed by atoms with van der Waals surface area (Å²) in [6, 6.07) is 0. The number of hydrogen-bond donors (Lipinski definition) is 0.